The van der Waals surface area contributed by atoms with Crippen molar-refractivity contribution in [1.29, 1.82) is 0 Å². The summed E-state index contributed by atoms with van der Waals surface area (Å²) >= 11 is 0. The summed E-state index contributed by atoms with van der Waals surface area (Å²) in [6.07, 6.45) is 0. The Balaban J connectivity index is 0.00000121. The van der Waals surface area contributed by atoms with Crippen molar-refractivity contribution in [2.24, 2.45) is 0 Å². The Hall–Kier alpha value is 0.656. The van der Waals surface area contributed by atoms with Crippen LogP contribution in [0.4, 0.5) is 0 Å². The Bertz CT molecular complexity index is 233. The minimum absolute atomic E-state index is 0. The van der Waals surface area contributed by atoms with Crippen molar-refractivity contribution < 1.29 is 5.11 Å². The van der Waals surface area contributed by atoms with Crippen LogP contribution in [0, 0.1) is 0 Å². The van der Waals surface area contributed by atoms with Gasteiger partial charge in [-0.1, -0.05) is 32.9 Å². The van der Waals surface area contributed by atoms with E-state index < -0.39 is 0 Å². The van der Waals surface area contributed by atoms with Crippen molar-refractivity contribution in [3.05, 3.63) is 29.8 Å². The van der Waals surface area contributed by atoms with Crippen LogP contribution in [0.3, 0.4) is 0 Å². The molecule has 0 heterocycles. The van der Waals surface area contributed by atoms with E-state index >= 15 is 0 Å². The van der Waals surface area contributed by atoms with Crippen molar-refractivity contribution in [3.63, 3.8) is 0 Å². The first kappa shape index (κ1) is 12.7. The number of hydrogen-bond donors (Lipinski definition) is 1. The molecule has 61 valence electrons. The SMILES string of the molecule is CC(C)(C)c1ccc(O)cc1.[K]. The van der Waals surface area contributed by atoms with Crippen LogP contribution in [0.15, 0.2) is 24.3 Å². The molecule has 0 amide bonds. The predicted octanol–water partition coefficient (Wildman–Crippen LogP) is 2.31. The average Bonchev–Trinajstić information content (AvgIpc) is 1.86. The Morgan fingerprint density at radius 3 is 1.75 bits per heavy atom. The first-order chi connectivity index (χ1) is 5.00. The molecule has 0 atom stereocenters. The van der Waals surface area contributed by atoms with Crippen molar-refractivity contribution in [2.45, 2.75) is 26.2 Å². The van der Waals surface area contributed by atoms with Gasteiger partial charge in [-0.25, -0.2) is 0 Å². The first-order valence-corrected chi connectivity index (χ1v) is 3.79. The van der Waals surface area contributed by atoms with Crippen LogP contribution in [-0.2, 0) is 5.41 Å². The number of phenols is 1. The molecule has 1 N–H and O–H groups in total. The van der Waals surface area contributed by atoms with Gasteiger partial charge < -0.3 is 5.11 Å². The van der Waals surface area contributed by atoms with Crippen molar-refractivity contribution in [3.8, 4) is 5.75 Å². The fraction of sp³-hybridized carbons (Fsp3) is 0.400. The fourth-order valence-corrected chi connectivity index (χ4v) is 0.961. The Morgan fingerprint density at radius 1 is 1.00 bits per heavy atom. The van der Waals surface area contributed by atoms with Gasteiger partial charge >= 0.3 is 0 Å². The molecule has 12 heavy (non-hydrogen) atoms. The molecule has 0 bridgehead atoms. The van der Waals surface area contributed by atoms with E-state index in [2.05, 4.69) is 20.8 Å². The van der Waals surface area contributed by atoms with Crippen LogP contribution >= 0.6 is 0 Å². The van der Waals surface area contributed by atoms with E-state index in [1.807, 2.05) is 12.1 Å². The van der Waals surface area contributed by atoms with Gasteiger partial charge in [-0.05, 0) is 23.1 Å². The normalized spacial score (nSPS) is 10.6. The molecule has 1 nitrogen and oxygen atoms in total. The number of benzene rings is 1. The first-order valence-electron chi connectivity index (χ1n) is 3.79. The molecular formula is C10H14KO. The Kier molecular flexibility index (Phi) is 5.03. The summed E-state index contributed by atoms with van der Waals surface area (Å²) in [5.41, 5.74) is 1.42. The molecule has 0 aliphatic rings. The number of aromatic hydroxyl groups is 1. The van der Waals surface area contributed by atoms with E-state index in [0.29, 0.717) is 5.75 Å². The third kappa shape index (κ3) is 3.58. The molecule has 0 fully saturated rings. The quantitative estimate of drug-likeness (QED) is 0.621. The van der Waals surface area contributed by atoms with Crippen LogP contribution in [0.2, 0.25) is 0 Å². The Labute approximate surface area is 117 Å². The summed E-state index contributed by atoms with van der Waals surface area (Å²) in [5.74, 6) is 0.331. The van der Waals surface area contributed by atoms with E-state index in [9.17, 15) is 0 Å². The van der Waals surface area contributed by atoms with Crippen LogP contribution < -0.4 is 0 Å². The maximum absolute atomic E-state index is 9.02. The van der Waals surface area contributed by atoms with Gasteiger partial charge in [0.05, 0.1) is 0 Å². The summed E-state index contributed by atoms with van der Waals surface area (Å²) in [7, 11) is 0. The molecule has 0 aromatic heterocycles. The largest absolute Gasteiger partial charge is 0.508 e. The minimum Gasteiger partial charge on any atom is -0.508 e. The summed E-state index contributed by atoms with van der Waals surface area (Å²) in [4.78, 5) is 0. The second kappa shape index (κ2) is 4.77. The molecule has 0 aliphatic heterocycles. The summed E-state index contributed by atoms with van der Waals surface area (Å²) in [5, 5.41) is 9.02. The molecule has 1 aromatic rings. The summed E-state index contributed by atoms with van der Waals surface area (Å²) in [6.45, 7) is 6.46. The maximum atomic E-state index is 9.02. The second-order valence-corrected chi connectivity index (χ2v) is 3.80. The van der Waals surface area contributed by atoms with Gasteiger partial charge in [0.25, 0.3) is 0 Å². The molecular weight excluding hydrogens is 175 g/mol. The molecule has 1 radical (unpaired) electrons. The topological polar surface area (TPSA) is 20.2 Å². The van der Waals surface area contributed by atoms with Crippen LogP contribution in [0.5, 0.6) is 5.75 Å². The van der Waals surface area contributed by atoms with Gasteiger partial charge in [0.1, 0.15) is 5.75 Å². The fourth-order valence-electron chi connectivity index (χ4n) is 0.961. The van der Waals surface area contributed by atoms with E-state index in [-0.39, 0.29) is 56.8 Å². The number of rotatable bonds is 0. The molecule has 0 aliphatic carbocycles. The van der Waals surface area contributed by atoms with E-state index in [1.54, 1.807) is 12.1 Å². The summed E-state index contributed by atoms with van der Waals surface area (Å²) in [6, 6.07) is 7.35. The number of hydrogen-bond acceptors (Lipinski definition) is 1. The standard InChI is InChI=1S/C10H14O.K/c1-10(2,3)8-4-6-9(11)7-5-8;/h4-7,11H,1-3H3;. The molecule has 0 spiro atoms. The van der Waals surface area contributed by atoms with Crippen molar-refractivity contribution >= 4 is 51.4 Å². The third-order valence-corrected chi connectivity index (χ3v) is 1.73. The minimum atomic E-state index is 0. The van der Waals surface area contributed by atoms with Crippen molar-refractivity contribution in [2.75, 3.05) is 0 Å². The molecule has 1 aromatic carbocycles. The predicted molar refractivity (Wildman–Crippen MR) is 52.6 cm³/mol. The molecule has 1 rings (SSSR count). The average molecular weight is 189 g/mol. The van der Waals surface area contributed by atoms with Gasteiger partial charge in [-0.15, -0.1) is 0 Å². The zero-order valence-electron chi connectivity index (χ0n) is 8.26. The molecule has 0 saturated heterocycles. The molecule has 0 unspecified atom stereocenters. The zero-order chi connectivity index (χ0) is 8.48. The van der Waals surface area contributed by atoms with Crippen LogP contribution in [0.25, 0.3) is 0 Å². The second-order valence-electron chi connectivity index (χ2n) is 3.80. The van der Waals surface area contributed by atoms with E-state index in [0.717, 1.165) is 0 Å². The zero-order valence-corrected chi connectivity index (χ0v) is 11.4. The smallest absolute Gasteiger partial charge is 0.115 e. The van der Waals surface area contributed by atoms with Gasteiger partial charge in [-0.2, -0.15) is 0 Å². The third-order valence-electron chi connectivity index (χ3n) is 1.73. The maximum Gasteiger partial charge on any atom is 0.115 e. The Morgan fingerprint density at radius 2 is 1.42 bits per heavy atom. The van der Waals surface area contributed by atoms with Gasteiger partial charge in [0.15, 0.2) is 0 Å². The van der Waals surface area contributed by atoms with Crippen LogP contribution in [-0.4, -0.2) is 56.5 Å². The van der Waals surface area contributed by atoms with Gasteiger partial charge in [-0.3, -0.25) is 0 Å². The van der Waals surface area contributed by atoms with Gasteiger partial charge in [0.2, 0.25) is 0 Å². The van der Waals surface area contributed by atoms with E-state index in [4.69, 9.17) is 5.11 Å². The summed E-state index contributed by atoms with van der Waals surface area (Å²) < 4.78 is 0. The van der Waals surface area contributed by atoms with Crippen LogP contribution in [0.1, 0.15) is 26.3 Å². The van der Waals surface area contributed by atoms with Crippen molar-refractivity contribution in [1.82, 2.24) is 0 Å². The number of phenolic OH excluding ortho intramolecular Hbond substituents is 1. The van der Waals surface area contributed by atoms with E-state index in [1.165, 1.54) is 5.56 Å². The molecule has 0 saturated carbocycles. The molecule has 2 heteroatoms. The monoisotopic (exact) mass is 189 g/mol. The van der Waals surface area contributed by atoms with Gasteiger partial charge in [0, 0.05) is 51.4 Å².